The molecule has 5 rings (SSSR count). The van der Waals surface area contributed by atoms with Gasteiger partial charge < -0.3 is 9.84 Å². The van der Waals surface area contributed by atoms with Gasteiger partial charge in [-0.25, -0.2) is 0 Å². The number of Topliss-reactive ketones (excluding diaryl/α,β-unsaturated/α-hetero) is 1. The van der Waals surface area contributed by atoms with Crippen molar-refractivity contribution in [2.24, 2.45) is 50.7 Å². The van der Waals surface area contributed by atoms with E-state index in [0.29, 0.717) is 36.6 Å². The quantitative estimate of drug-likeness (QED) is 0.430. The minimum Gasteiger partial charge on any atom is -0.465 e. The molecule has 0 aliphatic heterocycles. The van der Waals surface area contributed by atoms with E-state index < -0.39 is 0 Å². The molecular formula is C32H50O4. The first-order valence-electron chi connectivity index (χ1n) is 14.7. The predicted octanol–water partition coefficient (Wildman–Crippen LogP) is 6.89. The average molecular weight is 499 g/mol. The Morgan fingerprint density at radius 2 is 1.64 bits per heavy atom. The van der Waals surface area contributed by atoms with Crippen molar-refractivity contribution in [1.82, 2.24) is 0 Å². The number of aliphatic hydroxyl groups excluding tert-OH is 1. The lowest BCUT2D eigenvalue weighted by molar-refractivity contribution is -0.229. The molecule has 1 N–H and O–H groups in total. The van der Waals surface area contributed by atoms with E-state index in [1.54, 1.807) is 0 Å². The molecule has 5 aliphatic carbocycles. The average Bonchev–Trinajstić information content (AvgIpc) is 3.08. The Morgan fingerprint density at radius 1 is 0.944 bits per heavy atom. The zero-order chi connectivity index (χ0) is 26.5. The summed E-state index contributed by atoms with van der Waals surface area (Å²) in [6.45, 7) is 18.5. The first kappa shape index (κ1) is 26.4. The third-order valence-corrected chi connectivity index (χ3v) is 13.1. The summed E-state index contributed by atoms with van der Waals surface area (Å²) in [4.78, 5) is 25.3. The van der Waals surface area contributed by atoms with Gasteiger partial charge in [0.15, 0.2) is 5.78 Å². The second kappa shape index (κ2) is 8.17. The Kier molecular flexibility index (Phi) is 6.00. The molecule has 202 valence electrons. The molecule has 0 amide bonds. The molecule has 0 aromatic carbocycles. The lowest BCUT2D eigenvalue weighted by Gasteiger charge is -2.72. The van der Waals surface area contributed by atoms with Crippen LogP contribution in [0.15, 0.2) is 11.1 Å². The Morgan fingerprint density at radius 3 is 2.28 bits per heavy atom. The van der Waals surface area contributed by atoms with Crippen LogP contribution in [0, 0.1) is 50.7 Å². The van der Waals surface area contributed by atoms with Crippen molar-refractivity contribution in [3.63, 3.8) is 0 Å². The smallest absolute Gasteiger partial charge is 0.302 e. The molecule has 0 heterocycles. The number of hydrogen-bond acceptors (Lipinski definition) is 4. The number of hydrogen-bond donors (Lipinski definition) is 1. The number of carbonyl (C=O) groups is 2. The predicted molar refractivity (Wildman–Crippen MR) is 142 cm³/mol. The fourth-order valence-corrected chi connectivity index (χ4v) is 11.1. The Bertz CT molecular complexity index is 992. The van der Waals surface area contributed by atoms with Crippen molar-refractivity contribution in [2.75, 3.05) is 6.61 Å². The van der Waals surface area contributed by atoms with E-state index in [4.69, 9.17) is 4.74 Å². The summed E-state index contributed by atoms with van der Waals surface area (Å²) >= 11 is 0. The van der Waals surface area contributed by atoms with Gasteiger partial charge in [0.25, 0.3) is 0 Å². The maximum absolute atomic E-state index is 13.5. The molecule has 4 fully saturated rings. The van der Waals surface area contributed by atoms with Crippen LogP contribution in [0.4, 0.5) is 0 Å². The highest BCUT2D eigenvalue weighted by Crippen LogP contribution is 2.76. The fourth-order valence-electron chi connectivity index (χ4n) is 11.1. The highest BCUT2D eigenvalue weighted by atomic mass is 16.5. The standard InChI is InChI=1S/C32H50O4/c1-19(2)26-22(34)17-32(18-36-20(3)33)16-15-30(7)21(27(26)32)9-10-24-29(6)13-12-25(35)28(4,5)23(29)11-14-31(24,30)8/h19,21,23-25,35H,9-18H2,1-8H3/t21-,23+,24-,25+,29+,30-,31-,32+/m1/s1. The van der Waals surface area contributed by atoms with Crippen LogP contribution in [0.25, 0.3) is 0 Å². The van der Waals surface area contributed by atoms with Crippen molar-refractivity contribution in [3.05, 3.63) is 11.1 Å². The fraction of sp³-hybridized carbons (Fsp3) is 0.875. The number of aliphatic hydroxyl groups is 1. The van der Waals surface area contributed by atoms with Crippen LogP contribution < -0.4 is 0 Å². The number of ether oxygens (including phenoxy) is 1. The lowest BCUT2D eigenvalue weighted by atomic mass is 9.33. The van der Waals surface area contributed by atoms with Crippen molar-refractivity contribution in [3.8, 4) is 0 Å². The van der Waals surface area contributed by atoms with E-state index in [2.05, 4.69) is 48.5 Å². The molecule has 4 heteroatoms. The molecule has 8 atom stereocenters. The van der Waals surface area contributed by atoms with Gasteiger partial charge in [-0.3, -0.25) is 9.59 Å². The normalized spacial score (nSPS) is 47.7. The molecule has 0 unspecified atom stereocenters. The lowest BCUT2D eigenvalue weighted by Crippen LogP contribution is -2.65. The Balaban J connectivity index is 1.58. The van der Waals surface area contributed by atoms with Crippen molar-refractivity contribution >= 4 is 11.8 Å². The van der Waals surface area contributed by atoms with Crippen LogP contribution in [0.1, 0.15) is 113 Å². The molecule has 0 saturated heterocycles. The van der Waals surface area contributed by atoms with Gasteiger partial charge in [0.2, 0.25) is 0 Å². The number of esters is 1. The van der Waals surface area contributed by atoms with Crippen LogP contribution >= 0.6 is 0 Å². The number of allylic oxidation sites excluding steroid dienone is 1. The van der Waals surface area contributed by atoms with Gasteiger partial charge in [-0.2, -0.15) is 0 Å². The van der Waals surface area contributed by atoms with Crippen molar-refractivity contribution in [1.29, 1.82) is 0 Å². The number of fused-ring (bicyclic) bond motifs is 7. The second-order valence-corrected chi connectivity index (χ2v) is 15.1. The van der Waals surface area contributed by atoms with Gasteiger partial charge in [0.1, 0.15) is 6.61 Å². The maximum Gasteiger partial charge on any atom is 0.302 e. The van der Waals surface area contributed by atoms with E-state index in [1.807, 2.05) is 0 Å². The van der Waals surface area contributed by atoms with Gasteiger partial charge in [0, 0.05) is 18.8 Å². The highest BCUT2D eigenvalue weighted by molar-refractivity contribution is 6.00. The SMILES string of the molecule is CC(=O)OC[C@@]12CC[C@]3(C)[C@H](CC[C@@H]4[C@@]5(C)CC[C@H](O)C(C)(C)[C@@H]5CC[C@]43C)C1=C(C(C)C)C(=O)C2. The van der Waals surface area contributed by atoms with Crippen LogP contribution in [0.5, 0.6) is 0 Å². The van der Waals surface area contributed by atoms with Gasteiger partial charge in [-0.1, -0.05) is 48.5 Å². The van der Waals surface area contributed by atoms with Gasteiger partial charge in [-0.15, -0.1) is 0 Å². The van der Waals surface area contributed by atoms with E-state index in [1.165, 1.54) is 31.8 Å². The number of rotatable bonds is 3. The summed E-state index contributed by atoms with van der Waals surface area (Å²) in [5.74, 6) is 1.83. The molecule has 0 spiro atoms. The van der Waals surface area contributed by atoms with E-state index in [0.717, 1.165) is 37.7 Å². The summed E-state index contributed by atoms with van der Waals surface area (Å²) in [6, 6.07) is 0. The van der Waals surface area contributed by atoms with Crippen LogP contribution in [-0.2, 0) is 14.3 Å². The summed E-state index contributed by atoms with van der Waals surface area (Å²) in [6.07, 6.45) is 9.10. The Hall–Kier alpha value is -1.16. The zero-order valence-electron chi connectivity index (χ0n) is 24.1. The van der Waals surface area contributed by atoms with Gasteiger partial charge >= 0.3 is 5.97 Å². The van der Waals surface area contributed by atoms with Crippen molar-refractivity contribution < 1.29 is 19.4 Å². The molecule has 0 radical (unpaired) electrons. The highest BCUT2D eigenvalue weighted by Gasteiger charge is 2.70. The molecule has 36 heavy (non-hydrogen) atoms. The summed E-state index contributed by atoms with van der Waals surface area (Å²) in [7, 11) is 0. The topological polar surface area (TPSA) is 63.6 Å². The van der Waals surface area contributed by atoms with E-state index >= 15 is 0 Å². The van der Waals surface area contributed by atoms with Gasteiger partial charge in [0.05, 0.1) is 6.10 Å². The zero-order valence-corrected chi connectivity index (χ0v) is 24.1. The number of ketones is 1. The first-order valence-corrected chi connectivity index (χ1v) is 14.7. The van der Waals surface area contributed by atoms with E-state index in [-0.39, 0.29) is 45.1 Å². The summed E-state index contributed by atoms with van der Waals surface area (Å²) < 4.78 is 5.68. The van der Waals surface area contributed by atoms with E-state index in [9.17, 15) is 14.7 Å². The maximum atomic E-state index is 13.5. The van der Waals surface area contributed by atoms with Gasteiger partial charge in [-0.05, 0) is 108 Å². The third-order valence-electron chi connectivity index (χ3n) is 13.1. The number of carbonyl (C=O) groups excluding carboxylic acids is 2. The largest absolute Gasteiger partial charge is 0.465 e. The molecule has 4 nitrogen and oxygen atoms in total. The molecule has 0 bridgehead atoms. The van der Waals surface area contributed by atoms with Crippen LogP contribution in [-0.4, -0.2) is 29.6 Å². The summed E-state index contributed by atoms with van der Waals surface area (Å²) in [5, 5.41) is 10.9. The second-order valence-electron chi connectivity index (χ2n) is 15.1. The molecule has 4 saturated carbocycles. The minimum atomic E-state index is -0.298. The van der Waals surface area contributed by atoms with Crippen LogP contribution in [0.3, 0.4) is 0 Å². The minimum absolute atomic E-state index is 0.0386. The van der Waals surface area contributed by atoms with Crippen LogP contribution in [0.2, 0.25) is 0 Å². The molecule has 5 aliphatic rings. The molecule has 0 aromatic heterocycles. The Labute approximate surface area is 219 Å². The van der Waals surface area contributed by atoms with Crippen molar-refractivity contribution in [2.45, 2.75) is 119 Å². The molecular weight excluding hydrogens is 448 g/mol. The molecule has 0 aromatic rings. The first-order chi connectivity index (χ1) is 16.6. The third kappa shape index (κ3) is 3.27. The summed E-state index contributed by atoms with van der Waals surface area (Å²) in [5.41, 5.74) is 2.68. The monoisotopic (exact) mass is 498 g/mol.